The summed E-state index contributed by atoms with van der Waals surface area (Å²) in [5.74, 6) is 0.250. The van der Waals surface area contributed by atoms with Crippen LogP contribution in [-0.2, 0) is 10.0 Å². The zero-order valence-electron chi connectivity index (χ0n) is 13.5. The average Bonchev–Trinajstić information content (AvgIpc) is 3.18. The number of benzene rings is 2. The molecule has 2 aromatic carbocycles. The predicted molar refractivity (Wildman–Crippen MR) is 108 cm³/mol. The highest BCUT2D eigenvalue weighted by Crippen LogP contribution is 2.42. The number of nitrogens with one attached hydrogen (secondary N) is 1. The van der Waals surface area contributed by atoms with Crippen molar-refractivity contribution in [3.05, 3.63) is 76.3 Å². The Morgan fingerprint density at radius 3 is 2.46 bits per heavy atom. The zero-order valence-corrected chi connectivity index (χ0v) is 16.7. The SMILES string of the molecule is O=S(=O)(N[C@@H]1C[C@H]1c1ccccc1)c1ccc(-c2ccc(Cl)c(Cl)c2)s1. The maximum atomic E-state index is 12.7. The van der Waals surface area contributed by atoms with Crippen LogP contribution in [0.1, 0.15) is 17.9 Å². The molecule has 0 aliphatic heterocycles. The lowest BCUT2D eigenvalue weighted by atomic mass is 10.1. The van der Waals surface area contributed by atoms with Gasteiger partial charge in [0.2, 0.25) is 10.0 Å². The van der Waals surface area contributed by atoms with Gasteiger partial charge in [-0.15, -0.1) is 11.3 Å². The van der Waals surface area contributed by atoms with Crippen molar-refractivity contribution in [2.45, 2.75) is 22.6 Å². The van der Waals surface area contributed by atoms with E-state index < -0.39 is 10.0 Å². The molecule has 0 amide bonds. The maximum absolute atomic E-state index is 12.7. The molecule has 1 N–H and O–H groups in total. The minimum absolute atomic E-state index is 0.0436. The van der Waals surface area contributed by atoms with Crippen LogP contribution in [0.3, 0.4) is 0 Å². The lowest BCUT2D eigenvalue weighted by molar-refractivity contribution is 0.582. The summed E-state index contributed by atoms with van der Waals surface area (Å²) in [6, 6.07) is 18.6. The molecule has 0 bridgehead atoms. The summed E-state index contributed by atoms with van der Waals surface area (Å²) in [5, 5.41) is 0.922. The molecule has 26 heavy (non-hydrogen) atoms. The van der Waals surface area contributed by atoms with Gasteiger partial charge >= 0.3 is 0 Å². The summed E-state index contributed by atoms with van der Waals surface area (Å²) in [6.45, 7) is 0. The van der Waals surface area contributed by atoms with Crippen LogP contribution >= 0.6 is 34.5 Å². The van der Waals surface area contributed by atoms with Gasteiger partial charge in [0.1, 0.15) is 4.21 Å². The Labute approximate surface area is 166 Å². The summed E-state index contributed by atoms with van der Waals surface area (Å²) >= 11 is 13.2. The Bertz CT molecular complexity index is 1050. The quantitative estimate of drug-likeness (QED) is 0.583. The van der Waals surface area contributed by atoms with E-state index in [9.17, 15) is 8.42 Å². The molecule has 1 aliphatic rings. The predicted octanol–water partition coefficient (Wildman–Crippen LogP) is 5.56. The fourth-order valence-corrected chi connectivity index (χ4v) is 5.83. The molecule has 3 nitrogen and oxygen atoms in total. The lowest BCUT2D eigenvalue weighted by Crippen LogP contribution is -2.26. The second-order valence-corrected chi connectivity index (χ2v) is 10.1. The molecule has 1 aliphatic carbocycles. The standard InChI is InChI=1S/C19H15Cl2NO2S2/c20-15-7-6-13(10-16(15)21)18-8-9-19(25-18)26(23,24)22-17-11-14(17)12-4-2-1-3-5-12/h1-10,14,17,22H,11H2/t14-,17+/m0/s1. The molecular weight excluding hydrogens is 409 g/mol. The third-order valence-electron chi connectivity index (χ3n) is 4.38. The van der Waals surface area contributed by atoms with E-state index in [4.69, 9.17) is 23.2 Å². The fraction of sp³-hybridized carbons (Fsp3) is 0.158. The van der Waals surface area contributed by atoms with Crippen molar-refractivity contribution in [3.63, 3.8) is 0 Å². The minimum Gasteiger partial charge on any atom is -0.207 e. The topological polar surface area (TPSA) is 46.2 Å². The van der Waals surface area contributed by atoms with Gasteiger partial charge in [-0.25, -0.2) is 13.1 Å². The first-order valence-corrected chi connectivity index (χ1v) is 11.1. The normalized spacial score (nSPS) is 19.5. The van der Waals surface area contributed by atoms with Gasteiger partial charge in [0.25, 0.3) is 0 Å². The third-order valence-corrected chi connectivity index (χ3v) is 8.23. The van der Waals surface area contributed by atoms with Crippen LogP contribution in [0.25, 0.3) is 10.4 Å². The molecule has 2 atom stereocenters. The number of sulfonamides is 1. The molecule has 134 valence electrons. The van der Waals surface area contributed by atoms with Gasteiger partial charge in [-0.3, -0.25) is 0 Å². The van der Waals surface area contributed by atoms with Crippen LogP contribution in [-0.4, -0.2) is 14.5 Å². The van der Waals surface area contributed by atoms with Crippen molar-refractivity contribution in [1.29, 1.82) is 0 Å². The van der Waals surface area contributed by atoms with Gasteiger partial charge in [-0.05, 0) is 41.8 Å². The van der Waals surface area contributed by atoms with E-state index in [2.05, 4.69) is 4.72 Å². The van der Waals surface area contributed by atoms with Crippen LogP contribution in [0.2, 0.25) is 10.0 Å². The van der Waals surface area contributed by atoms with Gasteiger partial charge < -0.3 is 0 Å². The van der Waals surface area contributed by atoms with E-state index >= 15 is 0 Å². The van der Waals surface area contributed by atoms with Crippen molar-refractivity contribution in [2.24, 2.45) is 0 Å². The van der Waals surface area contributed by atoms with Gasteiger partial charge in [-0.2, -0.15) is 0 Å². The zero-order chi connectivity index (χ0) is 18.3. The van der Waals surface area contributed by atoms with Crippen LogP contribution < -0.4 is 4.72 Å². The van der Waals surface area contributed by atoms with E-state index in [0.29, 0.717) is 14.3 Å². The van der Waals surface area contributed by atoms with Crippen molar-refractivity contribution < 1.29 is 8.42 Å². The number of hydrogen-bond acceptors (Lipinski definition) is 3. The van der Waals surface area contributed by atoms with Crippen molar-refractivity contribution in [3.8, 4) is 10.4 Å². The second-order valence-electron chi connectivity index (χ2n) is 6.23. The molecule has 4 rings (SSSR count). The van der Waals surface area contributed by atoms with Gasteiger partial charge in [-0.1, -0.05) is 59.6 Å². The van der Waals surface area contributed by atoms with E-state index in [0.717, 1.165) is 16.9 Å². The molecule has 1 aromatic heterocycles. The van der Waals surface area contributed by atoms with E-state index in [1.165, 1.54) is 16.9 Å². The number of hydrogen-bond donors (Lipinski definition) is 1. The molecule has 0 radical (unpaired) electrons. The molecule has 3 aromatic rings. The second kappa shape index (κ2) is 6.98. The van der Waals surface area contributed by atoms with Gasteiger partial charge in [0, 0.05) is 16.8 Å². The highest BCUT2D eigenvalue weighted by molar-refractivity contribution is 7.91. The first-order chi connectivity index (χ1) is 12.4. The Balaban J connectivity index is 1.51. The summed E-state index contributed by atoms with van der Waals surface area (Å²) in [7, 11) is -3.53. The number of rotatable bonds is 5. The summed E-state index contributed by atoms with van der Waals surface area (Å²) in [5.41, 5.74) is 2.02. The third kappa shape index (κ3) is 3.68. The molecule has 7 heteroatoms. The van der Waals surface area contributed by atoms with Crippen molar-refractivity contribution in [2.75, 3.05) is 0 Å². The fourth-order valence-electron chi connectivity index (χ4n) is 2.92. The molecule has 0 spiro atoms. The first-order valence-electron chi connectivity index (χ1n) is 8.06. The molecule has 0 unspecified atom stereocenters. The summed E-state index contributed by atoms with van der Waals surface area (Å²) in [4.78, 5) is 0.833. The van der Waals surface area contributed by atoms with Crippen molar-refractivity contribution in [1.82, 2.24) is 4.72 Å². The van der Waals surface area contributed by atoms with Crippen LogP contribution in [0.15, 0.2) is 64.9 Å². The lowest BCUT2D eigenvalue weighted by Gasteiger charge is -2.04. The van der Waals surface area contributed by atoms with Crippen molar-refractivity contribution >= 4 is 44.6 Å². The Hall–Kier alpha value is -1.37. The molecule has 1 fully saturated rings. The summed E-state index contributed by atoms with van der Waals surface area (Å²) < 4.78 is 28.5. The van der Waals surface area contributed by atoms with Crippen LogP contribution in [0.4, 0.5) is 0 Å². The Kier molecular flexibility index (Phi) is 4.84. The van der Waals surface area contributed by atoms with E-state index in [1.54, 1.807) is 24.3 Å². The Morgan fingerprint density at radius 1 is 0.962 bits per heavy atom. The maximum Gasteiger partial charge on any atom is 0.250 e. The van der Waals surface area contributed by atoms with Crippen LogP contribution in [0.5, 0.6) is 0 Å². The molecule has 0 saturated heterocycles. The first kappa shape index (κ1) is 18.0. The minimum atomic E-state index is -3.53. The van der Waals surface area contributed by atoms with E-state index in [-0.39, 0.29) is 12.0 Å². The van der Waals surface area contributed by atoms with Crippen LogP contribution in [0, 0.1) is 0 Å². The highest BCUT2D eigenvalue weighted by Gasteiger charge is 2.41. The highest BCUT2D eigenvalue weighted by atomic mass is 35.5. The number of thiophene rings is 1. The smallest absolute Gasteiger partial charge is 0.207 e. The largest absolute Gasteiger partial charge is 0.250 e. The number of halogens is 2. The average molecular weight is 424 g/mol. The molecule has 1 heterocycles. The van der Waals surface area contributed by atoms with E-state index in [1.807, 2.05) is 36.4 Å². The van der Waals surface area contributed by atoms with Gasteiger partial charge in [0.15, 0.2) is 0 Å². The molecular formula is C19H15Cl2NO2S2. The monoisotopic (exact) mass is 423 g/mol. The van der Waals surface area contributed by atoms with Gasteiger partial charge in [0.05, 0.1) is 10.0 Å². The Morgan fingerprint density at radius 2 is 1.73 bits per heavy atom. The summed E-state index contributed by atoms with van der Waals surface area (Å²) in [6.07, 6.45) is 0.828. The molecule has 1 saturated carbocycles.